The van der Waals surface area contributed by atoms with Crippen molar-refractivity contribution in [3.63, 3.8) is 0 Å². The van der Waals surface area contributed by atoms with Crippen LogP contribution in [0.4, 0.5) is 0 Å². The number of hydrogen-bond donors (Lipinski definition) is 0. The molecule has 0 atom stereocenters. The van der Waals surface area contributed by atoms with Gasteiger partial charge in [0.05, 0.1) is 11.4 Å². The first-order valence-electron chi connectivity index (χ1n) is 2.90. The van der Waals surface area contributed by atoms with E-state index < -0.39 is 0 Å². The molecule has 0 spiro atoms. The molecule has 0 saturated heterocycles. The Kier molecular flexibility index (Phi) is 1.51. The molecule has 1 heterocycles. The lowest BCUT2D eigenvalue weighted by molar-refractivity contribution is 0.688. The van der Waals surface area contributed by atoms with E-state index in [4.69, 9.17) is 0 Å². The molecule has 9 heavy (non-hydrogen) atoms. The second kappa shape index (κ2) is 2.17. The summed E-state index contributed by atoms with van der Waals surface area (Å²) in [5.74, 6) is 0. The van der Waals surface area contributed by atoms with Crippen molar-refractivity contribution in [2.45, 2.75) is 13.3 Å². The largest absolute Gasteiger partial charge is 0.252 e. The summed E-state index contributed by atoms with van der Waals surface area (Å²) in [4.78, 5) is 0. The van der Waals surface area contributed by atoms with Gasteiger partial charge < -0.3 is 0 Å². The van der Waals surface area contributed by atoms with Gasteiger partial charge in [0.1, 0.15) is 0 Å². The van der Waals surface area contributed by atoms with E-state index in [1.165, 1.54) is 0 Å². The maximum absolute atomic E-state index is 3.86. The van der Waals surface area contributed by atoms with Gasteiger partial charge in [-0.1, -0.05) is 5.21 Å². The first-order valence-corrected chi connectivity index (χ1v) is 2.90. The van der Waals surface area contributed by atoms with Crippen LogP contribution in [0.25, 0.3) is 0 Å². The predicted octanol–water partition coefficient (Wildman–Crippen LogP) is 0.500. The maximum Gasteiger partial charge on any atom is 0.0828 e. The second-order valence-corrected chi connectivity index (χ2v) is 2.00. The van der Waals surface area contributed by atoms with Gasteiger partial charge >= 0.3 is 0 Å². The fourth-order valence-corrected chi connectivity index (χ4v) is 0.823. The van der Waals surface area contributed by atoms with Gasteiger partial charge in [0.25, 0.3) is 0 Å². The Balaban J connectivity index is 3.07. The van der Waals surface area contributed by atoms with Gasteiger partial charge in [0.2, 0.25) is 0 Å². The minimum Gasteiger partial charge on any atom is -0.252 e. The van der Waals surface area contributed by atoms with E-state index >= 15 is 0 Å². The summed E-state index contributed by atoms with van der Waals surface area (Å²) < 4.78 is 1.75. The smallest absolute Gasteiger partial charge is 0.0828 e. The van der Waals surface area contributed by atoms with Crippen molar-refractivity contribution in [1.82, 2.24) is 15.0 Å². The average Bonchev–Trinajstić information content (AvgIpc) is 2.12. The monoisotopic (exact) mass is 124 g/mol. The zero-order valence-corrected chi connectivity index (χ0v) is 5.76. The summed E-state index contributed by atoms with van der Waals surface area (Å²) in [6, 6.07) is 0. The Morgan fingerprint density at radius 2 is 2.33 bits per heavy atom. The molecule has 0 aliphatic rings. The summed E-state index contributed by atoms with van der Waals surface area (Å²) >= 11 is 0. The summed E-state index contributed by atoms with van der Waals surface area (Å²) in [6.45, 7) is 5.69. The fraction of sp³-hybridized carbons (Fsp3) is 0.500. The molecule has 3 nitrogen and oxygen atoms in total. The summed E-state index contributed by atoms with van der Waals surface area (Å²) in [6.07, 6.45) is 0.759. The molecule has 1 radical (unpaired) electrons. The van der Waals surface area contributed by atoms with E-state index in [0.717, 1.165) is 17.8 Å². The van der Waals surface area contributed by atoms with Gasteiger partial charge in [-0.15, -0.1) is 5.10 Å². The van der Waals surface area contributed by atoms with Crippen molar-refractivity contribution in [3.05, 3.63) is 18.3 Å². The fourth-order valence-electron chi connectivity index (χ4n) is 0.823. The van der Waals surface area contributed by atoms with E-state index in [0.29, 0.717) is 0 Å². The van der Waals surface area contributed by atoms with Gasteiger partial charge in [0, 0.05) is 7.05 Å². The van der Waals surface area contributed by atoms with E-state index in [1.54, 1.807) is 4.68 Å². The Morgan fingerprint density at radius 3 is 2.56 bits per heavy atom. The van der Waals surface area contributed by atoms with Crippen molar-refractivity contribution in [1.29, 1.82) is 0 Å². The van der Waals surface area contributed by atoms with Crippen molar-refractivity contribution >= 4 is 0 Å². The van der Waals surface area contributed by atoms with E-state index in [2.05, 4.69) is 17.2 Å². The van der Waals surface area contributed by atoms with E-state index in [9.17, 15) is 0 Å². The Hall–Kier alpha value is -0.860. The van der Waals surface area contributed by atoms with Crippen LogP contribution in [0.1, 0.15) is 11.4 Å². The van der Waals surface area contributed by atoms with Crippen molar-refractivity contribution in [2.75, 3.05) is 0 Å². The van der Waals surface area contributed by atoms with Gasteiger partial charge in [-0.2, -0.15) is 0 Å². The molecular weight excluding hydrogens is 114 g/mol. The third-order valence-electron chi connectivity index (χ3n) is 1.37. The molecule has 3 heteroatoms. The molecule has 0 aromatic carbocycles. The van der Waals surface area contributed by atoms with Crippen LogP contribution in [-0.4, -0.2) is 15.0 Å². The number of aromatic nitrogens is 3. The third kappa shape index (κ3) is 0.943. The van der Waals surface area contributed by atoms with Crippen LogP contribution in [0.3, 0.4) is 0 Å². The molecule has 0 aliphatic heterocycles. The highest BCUT2D eigenvalue weighted by Crippen LogP contribution is 2.00. The van der Waals surface area contributed by atoms with Crippen LogP contribution in [0.5, 0.6) is 0 Å². The van der Waals surface area contributed by atoms with Crippen LogP contribution in [-0.2, 0) is 13.5 Å². The molecule has 1 rings (SSSR count). The van der Waals surface area contributed by atoms with Crippen LogP contribution in [0, 0.1) is 13.8 Å². The Bertz CT molecular complexity index is 183. The van der Waals surface area contributed by atoms with Crippen LogP contribution in [0.15, 0.2) is 0 Å². The zero-order chi connectivity index (χ0) is 6.85. The molecular formula is C6H10N3. The molecule has 0 amide bonds. The molecule has 0 saturated carbocycles. The lowest BCUT2D eigenvalue weighted by atomic mass is 10.3. The molecule has 0 fully saturated rings. The molecule has 49 valence electrons. The lowest BCUT2D eigenvalue weighted by Gasteiger charge is -1.93. The normalized spacial score (nSPS) is 10.1. The molecule has 1 aromatic heterocycles. The Morgan fingerprint density at radius 1 is 1.67 bits per heavy atom. The van der Waals surface area contributed by atoms with Gasteiger partial charge in [-0.25, -0.2) is 0 Å². The number of aryl methyl sites for hydroxylation is 2. The predicted molar refractivity (Wildman–Crippen MR) is 34.8 cm³/mol. The van der Waals surface area contributed by atoms with Crippen molar-refractivity contribution in [2.24, 2.45) is 7.05 Å². The number of nitrogens with zero attached hydrogens (tertiary/aromatic N) is 3. The SMILES string of the molecule is [CH2]Cc1c(C)nnn1C. The second-order valence-electron chi connectivity index (χ2n) is 2.00. The lowest BCUT2D eigenvalue weighted by Crippen LogP contribution is -1.96. The minimum absolute atomic E-state index is 0.759. The summed E-state index contributed by atoms with van der Waals surface area (Å²) in [5, 5.41) is 7.67. The molecule has 1 aromatic rings. The van der Waals surface area contributed by atoms with Crippen molar-refractivity contribution in [3.8, 4) is 0 Å². The minimum atomic E-state index is 0.759. The maximum atomic E-state index is 3.86. The quantitative estimate of drug-likeness (QED) is 0.545. The third-order valence-corrected chi connectivity index (χ3v) is 1.37. The van der Waals surface area contributed by atoms with Crippen LogP contribution < -0.4 is 0 Å². The Labute approximate surface area is 54.7 Å². The highest BCUT2D eigenvalue weighted by atomic mass is 15.4. The number of hydrogen-bond acceptors (Lipinski definition) is 2. The van der Waals surface area contributed by atoms with Crippen LogP contribution >= 0.6 is 0 Å². The van der Waals surface area contributed by atoms with Crippen molar-refractivity contribution < 1.29 is 0 Å². The molecule has 0 aliphatic carbocycles. The topological polar surface area (TPSA) is 30.7 Å². The molecule has 0 N–H and O–H groups in total. The van der Waals surface area contributed by atoms with Gasteiger partial charge in [-0.3, -0.25) is 4.68 Å². The van der Waals surface area contributed by atoms with Gasteiger partial charge in [-0.05, 0) is 20.3 Å². The van der Waals surface area contributed by atoms with Gasteiger partial charge in [0.15, 0.2) is 0 Å². The van der Waals surface area contributed by atoms with Crippen LogP contribution in [0.2, 0.25) is 0 Å². The molecule has 0 bridgehead atoms. The molecule has 0 unspecified atom stereocenters. The average molecular weight is 124 g/mol. The first-order chi connectivity index (χ1) is 4.25. The summed E-state index contributed by atoms with van der Waals surface area (Å²) in [7, 11) is 1.88. The standard InChI is InChI=1S/C6H10N3/c1-4-6-5(2)7-8-9(6)3/h1,4H2,2-3H3. The number of rotatable bonds is 1. The van der Waals surface area contributed by atoms with E-state index in [1.807, 2.05) is 14.0 Å². The summed E-state index contributed by atoms with van der Waals surface area (Å²) in [5.41, 5.74) is 2.09. The highest BCUT2D eigenvalue weighted by Gasteiger charge is 2.00. The highest BCUT2D eigenvalue weighted by molar-refractivity contribution is 5.07. The first kappa shape index (κ1) is 6.26. The van der Waals surface area contributed by atoms with E-state index in [-0.39, 0.29) is 0 Å². The zero-order valence-electron chi connectivity index (χ0n) is 5.76.